The first-order chi connectivity index (χ1) is 9.31. The second-order valence-corrected chi connectivity index (χ2v) is 6.01. The Morgan fingerprint density at radius 2 is 2.15 bits per heavy atom. The molecule has 0 fully saturated rings. The molecule has 0 saturated heterocycles. The van der Waals surface area contributed by atoms with Gasteiger partial charge in [-0.25, -0.2) is 4.79 Å². The Bertz CT molecular complexity index is 770. The number of anilines is 1. The Morgan fingerprint density at radius 3 is 2.75 bits per heavy atom. The SMILES string of the molecule is Cc1ccc(NS(=O)(=O)c2[nH]ncc2C(=O)O)cc1Cl. The van der Waals surface area contributed by atoms with Gasteiger partial charge in [0.1, 0.15) is 5.56 Å². The predicted octanol–water partition coefficient (Wildman–Crippen LogP) is 1.87. The van der Waals surface area contributed by atoms with E-state index in [4.69, 9.17) is 16.7 Å². The molecule has 0 aliphatic heterocycles. The van der Waals surface area contributed by atoms with Crippen molar-refractivity contribution >= 4 is 33.3 Å². The number of carboxylic acid groups (broad SMARTS) is 1. The van der Waals surface area contributed by atoms with Crippen molar-refractivity contribution in [2.45, 2.75) is 11.9 Å². The lowest BCUT2D eigenvalue weighted by Crippen LogP contribution is -2.16. The van der Waals surface area contributed by atoms with Crippen LogP contribution in [0.15, 0.2) is 29.4 Å². The molecular formula is C11H10ClN3O4S. The van der Waals surface area contributed by atoms with Gasteiger partial charge < -0.3 is 5.11 Å². The average molecular weight is 316 g/mol. The van der Waals surface area contributed by atoms with Crippen LogP contribution in [0, 0.1) is 6.92 Å². The largest absolute Gasteiger partial charge is 0.478 e. The number of halogens is 1. The highest BCUT2D eigenvalue weighted by molar-refractivity contribution is 7.92. The molecule has 0 radical (unpaired) electrons. The zero-order valence-electron chi connectivity index (χ0n) is 10.2. The zero-order chi connectivity index (χ0) is 14.9. The van der Waals surface area contributed by atoms with E-state index in [9.17, 15) is 13.2 Å². The topological polar surface area (TPSA) is 112 Å². The van der Waals surface area contributed by atoms with Gasteiger partial charge in [0, 0.05) is 5.02 Å². The van der Waals surface area contributed by atoms with Crippen LogP contribution in [0.5, 0.6) is 0 Å². The summed E-state index contributed by atoms with van der Waals surface area (Å²) in [5, 5.41) is 14.4. The van der Waals surface area contributed by atoms with E-state index in [1.807, 2.05) is 0 Å². The minimum Gasteiger partial charge on any atom is -0.478 e. The maximum atomic E-state index is 12.1. The summed E-state index contributed by atoms with van der Waals surface area (Å²) in [7, 11) is -4.08. The number of aromatic nitrogens is 2. The number of H-pyrrole nitrogens is 1. The number of carboxylic acids is 1. The first-order valence-electron chi connectivity index (χ1n) is 5.37. The number of sulfonamides is 1. The van der Waals surface area contributed by atoms with Crippen LogP contribution in [0.1, 0.15) is 15.9 Å². The third kappa shape index (κ3) is 2.75. The zero-order valence-corrected chi connectivity index (χ0v) is 11.8. The van der Waals surface area contributed by atoms with Crippen molar-refractivity contribution in [1.29, 1.82) is 0 Å². The van der Waals surface area contributed by atoms with Gasteiger partial charge in [0.25, 0.3) is 10.0 Å². The number of aromatic amines is 1. The Balaban J connectivity index is 2.38. The van der Waals surface area contributed by atoms with Crippen LogP contribution in [0.2, 0.25) is 5.02 Å². The van der Waals surface area contributed by atoms with Crippen molar-refractivity contribution in [3.8, 4) is 0 Å². The summed E-state index contributed by atoms with van der Waals surface area (Å²) in [6.07, 6.45) is 0.930. The van der Waals surface area contributed by atoms with Crippen LogP contribution in [-0.4, -0.2) is 29.7 Å². The highest BCUT2D eigenvalue weighted by Gasteiger charge is 2.24. The Labute approximate surface area is 119 Å². The van der Waals surface area contributed by atoms with E-state index in [2.05, 4.69) is 14.9 Å². The molecule has 1 aromatic heterocycles. The van der Waals surface area contributed by atoms with Crippen LogP contribution >= 0.6 is 11.6 Å². The molecule has 0 aliphatic rings. The number of aromatic carboxylic acids is 1. The molecule has 0 spiro atoms. The molecule has 9 heteroatoms. The summed E-state index contributed by atoms with van der Waals surface area (Å²) < 4.78 is 26.4. The van der Waals surface area contributed by atoms with E-state index in [0.717, 1.165) is 11.8 Å². The maximum Gasteiger partial charge on any atom is 0.340 e. The Hall–Kier alpha value is -2.06. The van der Waals surface area contributed by atoms with Gasteiger partial charge in [-0.3, -0.25) is 9.82 Å². The predicted molar refractivity (Wildman–Crippen MR) is 72.5 cm³/mol. The molecule has 0 aliphatic carbocycles. The van der Waals surface area contributed by atoms with Gasteiger partial charge in [-0.1, -0.05) is 17.7 Å². The molecule has 0 atom stereocenters. The van der Waals surface area contributed by atoms with E-state index in [-0.39, 0.29) is 5.69 Å². The number of aryl methyl sites for hydroxylation is 1. The summed E-state index contributed by atoms with van der Waals surface area (Å²) in [6, 6.07) is 4.60. The second-order valence-electron chi connectivity index (χ2n) is 3.99. The molecular weight excluding hydrogens is 306 g/mol. The fourth-order valence-corrected chi connectivity index (χ4v) is 2.82. The minimum atomic E-state index is -4.08. The molecule has 7 nitrogen and oxygen atoms in total. The smallest absolute Gasteiger partial charge is 0.340 e. The van der Waals surface area contributed by atoms with Crippen LogP contribution in [0.25, 0.3) is 0 Å². The average Bonchev–Trinajstić information content (AvgIpc) is 2.83. The number of hydrogen-bond donors (Lipinski definition) is 3. The third-order valence-corrected chi connectivity index (χ3v) is 4.29. The highest BCUT2D eigenvalue weighted by atomic mass is 35.5. The summed E-state index contributed by atoms with van der Waals surface area (Å²) in [4.78, 5) is 10.9. The lowest BCUT2D eigenvalue weighted by atomic mass is 10.2. The summed E-state index contributed by atoms with van der Waals surface area (Å²) in [5.41, 5.74) is 0.588. The first-order valence-corrected chi connectivity index (χ1v) is 7.23. The number of rotatable bonds is 4. The molecule has 2 aromatic rings. The summed E-state index contributed by atoms with van der Waals surface area (Å²) in [5.74, 6) is -1.39. The van der Waals surface area contributed by atoms with Gasteiger partial charge in [-0.2, -0.15) is 13.5 Å². The minimum absolute atomic E-state index is 0.228. The number of nitrogens with zero attached hydrogens (tertiary/aromatic N) is 1. The van der Waals surface area contributed by atoms with E-state index in [1.54, 1.807) is 13.0 Å². The Morgan fingerprint density at radius 1 is 1.45 bits per heavy atom. The van der Waals surface area contributed by atoms with Crippen molar-refractivity contribution < 1.29 is 18.3 Å². The van der Waals surface area contributed by atoms with Gasteiger partial charge in [0.2, 0.25) is 0 Å². The fraction of sp³-hybridized carbons (Fsp3) is 0.0909. The van der Waals surface area contributed by atoms with Gasteiger partial charge in [0.05, 0.1) is 11.9 Å². The normalized spacial score (nSPS) is 11.3. The molecule has 106 valence electrons. The van der Waals surface area contributed by atoms with Gasteiger partial charge in [-0.15, -0.1) is 0 Å². The summed E-state index contributed by atoms with van der Waals surface area (Å²) >= 11 is 5.90. The van der Waals surface area contributed by atoms with Gasteiger partial charge in [-0.05, 0) is 24.6 Å². The van der Waals surface area contributed by atoms with Crippen molar-refractivity contribution in [3.63, 3.8) is 0 Å². The monoisotopic (exact) mass is 315 g/mol. The molecule has 1 heterocycles. The van der Waals surface area contributed by atoms with Gasteiger partial charge >= 0.3 is 5.97 Å². The molecule has 0 amide bonds. The molecule has 2 rings (SSSR count). The molecule has 1 aromatic carbocycles. The lowest BCUT2D eigenvalue weighted by molar-refractivity contribution is 0.0692. The molecule has 0 saturated carbocycles. The van der Waals surface area contributed by atoms with E-state index >= 15 is 0 Å². The quantitative estimate of drug-likeness (QED) is 0.797. The van der Waals surface area contributed by atoms with Crippen LogP contribution in [-0.2, 0) is 10.0 Å². The van der Waals surface area contributed by atoms with Crippen LogP contribution in [0.4, 0.5) is 5.69 Å². The van der Waals surface area contributed by atoms with Crippen molar-refractivity contribution in [2.75, 3.05) is 4.72 Å². The van der Waals surface area contributed by atoms with E-state index in [1.165, 1.54) is 12.1 Å². The van der Waals surface area contributed by atoms with Gasteiger partial charge in [0.15, 0.2) is 5.03 Å². The number of nitrogens with one attached hydrogen (secondary N) is 2. The molecule has 20 heavy (non-hydrogen) atoms. The third-order valence-electron chi connectivity index (χ3n) is 2.53. The van der Waals surface area contributed by atoms with Crippen molar-refractivity contribution in [2.24, 2.45) is 0 Å². The Kier molecular flexibility index (Phi) is 3.69. The highest BCUT2D eigenvalue weighted by Crippen LogP contribution is 2.23. The second kappa shape index (κ2) is 5.14. The maximum absolute atomic E-state index is 12.1. The van der Waals surface area contributed by atoms with Crippen LogP contribution < -0.4 is 4.72 Å². The molecule has 3 N–H and O–H groups in total. The van der Waals surface area contributed by atoms with Crippen LogP contribution in [0.3, 0.4) is 0 Å². The summed E-state index contributed by atoms with van der Waals surface area (Å²) in [6.45, 7) is 1.78. The standard InChI is InChI=1S/C11H10ClN3O4S/c1-6-2-3-7(4-9(6)12)15-20(18,19)10-8(11(16)17)5-13-14-10/h2-5,15H,1H3,(H,13,14)(H,16,17). The van der Waals surface area contributed by atoms with Crippen molar-refractivity contribution in [3.05, 3.63) is 40.5 Å². The number of benzene rings is 1. The molecule has 0 unspecified atom stereocenters. The lowest BCUT2D eigenvalue weighted by Gasteiger charge is -2.08. The number of hydrogen-bond acceptors (Lipinski definition) is 4. The van der Waals surface area contributed by atoms with E-state index in [0.29, 0.717) is 5.02 Å². The van der Waals surface area contributed by atoms with E-state index < -0.39 is 26.6 Å². The first kappa shape index (κ1) is 14.4. The number of carbonyl (C=O) groups is 1. The fourth-order valence-electron chi connectivity index (χ4n) is 1.49. The molecule has 0 bridgehead atoms. The van der Waals surface area contributed by atoms with Crippen molar-refractivity contribution in [1.82, 2.24) is 10.2 Å².